The highest BCUT2D eigenvalue weighted by molar-refractivity contribution is 6.33. The molecule has 6 nitrogen and oxygen atoms in total. The van der Waals surface area contributed by atoms with Gasteiger partial charge in [0.1, 0.15) is 23.7 Å². The number of nitrogens with zero attached hydrogens (tertiary/aromatic N) is 1. The number of esters is 1. The number of benzene rings is 2. The highest BCUT2D eigenvalue weighted by Crippen LogP contribution is 2.37. The molecule has 0 radical (unpaired) electrons. The largest absolute Gasteiger partial charge is 0.507 e. The molecule has 162 valence electrons. The Morgan fingerprint density at radius 1 is 1.03 bits per heavy atom. The highest BCUT2D eigenvalue weighted by atomic mass is 35.5. The molecule has 31 heavy (non-hydrogen) atoms. The average molecular weight is 442 g/mol. The van der Waals surface area contributed by atoms with E-state index in [1.54, 1.807) is 6.08 Å². The van der Waals surface area contributed by atoms with Gasteiger partial charge in [0, 0.05) is 12.5 Å². The second-order valence-electron chi connectivity index (χ2n) is 6.98. The summed E-state index contributed by atoms with van der Waals surface area (Å²) in [6.07, 6.45) is 9.96. The fraction of sp³-hybridized carbons (Fsp3) is 0.250. The summed E-state index contributed by atoms with van der Waals surface area (Å²) in [4.78, 5) is 18.1. The lowest BCUT2D eigenvalue weighted by molar-refractivity contribution is 0.0507. The summed E-state index contributed by atoms with van der Waals surface area (Å²) in [6.45, 7) is 0.443. The van der Waals surface area contributed by atoms with E-state index in [2.05, 4.69) is 5.16 Å². The number of cyclic esters (lactones) is 1. The topological polar surface area (TPSA) is 88.4 Å². The number of allylic oxidation sites excluding steroid dienone is 3. The van der Waals surface area contributed by atoms with Crippen LogP contribution in [-0.4, -0.2) is 28.5 Å². The summed E-state index contributed by atoms with van der Waals surface area (Å²) in [5.74, 6) is -1.45. The first-order chi connectivity index (χ1) is 15.1. The molecule has 0 unspecified atom stereocenters. The van der Waals surface area contributed by atoms with Crippen LogP contribution in [0.2, 0.25) is 5.02 Å². The van der Waals surface area contributed by atoms with Gasteiger partial charge >= 0.3 is 5.97 Å². The zero-order valence-electron chi connectivity index (χ0n) is 17.0. The number of aromatic hydroxyl groups is 2. The third-order valence-corrected chi connectivity index (χ3v) is 5.06. The lowest BCUT2D eigenvalue weighted by Gasteiger charge is -2.14. The maximum absolute atomic E-state index is 12.6. The standard InChI is InChI=1S/C24H24ClNO5/c25-23-19-14-18(26-31-16-17-10-6-5-7-11-17)12-8-3-1-2-4-9-13-30-24(29)22(19)20(27)15-21(23)28/h2,4-8,10-12,15,27-28H,1,3,9,13-14,16H2. The van der Waals surface area contributed by atoms with Crippen molar-refractivity contribution in [3.63, 3.8) is 0 Å². The number of oxime groups is 1. The smallest absolute Gasteiger partial charge is 0.342 e. The van der Waals surface area contributed by atoms with Crippen LogP contribution in [0.3, 0.4) is 0 Å². The maximum atomic E-state index is 12.6. The quantitative estimate of drug-likeness (QED) is 0.382. The van der Waals surface area contributed by atoms with E-state index in [4.69, 9.17) is 21.2 Å². The molecular weight excluding hydrogens is 418 g/mol. The summed E-state index contributed by atoms with van der Waals surface area (Å²) in [5.41, 5.74) is 1.58. The third kappa shape index (κ3) is 6.36. The van der Waals surface area contributed by atoms with Gasteiger partial charge in [-0.05, 0) is 36.5 Å². The molecule has 2 aromatic rings. The van der Waals surface area contributed by atoms with E-state index < -0.39 is 11.7 Å². The van der Waals surface area contributed by atoms with E-state index in [1.165, 1.54) is 0 Å². The predicted octanol–water partition coefficient (Wildman–Crippen LogP) is 5.32. The zero-order valence-corrected chi connectivity index (χ0v) is 17.7. The third-order valence-electron chi connectivity index (χ3n) is 4.63. The summed E-state index contributed by atoms with van der Waals surface area (Å²) >= 11 is 6.29. The van der Waals surface area contributed by atoms with Crippen LogP contribution in [0, 0.1) is 0 Å². The Labute approximate surface area is 186 Å². The molecule has 0 aliphatic carbocycles. The number of phenolic OH excluding ortho intramolecular Hbond substituents is 2. The minimum absolute atomic E-state index is 0.0408. The maximum Gasteiger partial charge on any atom is 0.342 e. The fourth-order valence-electron chi connectivity index (χ4n) is 3.08. The summed E-state index contributed by atoms with van der Waals surface area (Å²) in [6, 6.07) is 10.6. The molecule has 0 aromatic heterocycles. The Morgan fingerprint density at radius 2 is 1.77 bits per heavy atom. The van der Waals surface area contributed by atoms with Crippen molar-refractivity contribution in [1.29, 1.82) is 0 Å². The van der Waals surface area contributed by atoms with Gasteiger partial charge in [-0.15, -0.1) is 0 Å². The second-order valence-corrected chi connectivity index (χ2v) is 7.35. The molecule has 1 aliphatic rings. The molecular formula is C24H24ClNO5. The van der Waals surface area contributed by atoms with E-state index in [0.29, 0.717) is 12.1 Å². The number of hydrogen-bond acceptors (Lipinski definition) is 6. The molecule has 0 spiro atoms. The Hall–Kier alpha value is -3.25. The van der Waals surface area contributed by atoms with Crippen molar-refractivity contribution in [3.8, 4) is 11.5 Å². The minimum Gasteiger partial charge on any atom is -0.507 e. The number of fused-ring (bicyclic) bond motifs is 1. The van der Waals surface area contributed by atoms with Gasteiger partial charge < -0.3 is 19.8 Å². The molecule has 3 rings (SSSR count). The van der Waals surface area contributed by atoms with Crippen molar-refractivity contribution < 1.29 is 24.6 Å². The van der Waals surface area contributed by atoms with Crippen LogP contribution in [0.5, 0.6) is 11.5 Å². The van der Waals surface area contributed by atoms with Crippen LogP contribution in [-0.2, 0) is 22.6 Å². The summed E-state index contributed by atoms with van der Waals surface area (Å²) in [5, 5.41) is 24.6. The predicted molar refractivity (Wildman–Crippen MR) is 120 cm³/mol. The number of carbonyl (C=O) groups is 1. The monoisotopic (exact) mass is 441 g/mol. The first kappa shape index (κ1) is 22.4. The number of carbonyl (C=O) groups excluding carboxylic acids is 1. The molecule has 1 heterocycles. The number of phenols is 2. The van der Waals surface area contributed by atoms with Gasteiger partial charge in [-0.2, -0.15) is 0 Å². The summed E-state index contributed by atoms with van der Waals surface area (Å²) < 4.78 is 5.28. The van der Waals surface area contributed by atoms with Crippen molar-refractivity contribution in [1.82, 2.24) is 0 Å². The van der Waals surface area contributed by atoms with Gasteiger partial charge in [-0.3, -0.25) is 0 Å². The van der Waals surface area contributed by atoms with Crippen LogP contribution in [0.15, 0.2) is 65.9 Å². The molecule has 1 aliphatic heterocycles. The normalized spacial score (nSPS) is 16.4. The molecule has 7 heteroatoms. The number of hydrogen-bond donors (Lipinski definition) is 2. The van der Waals surface area contributed by atoms with Gasteiger partial charge in [0.05, 0.1) is 17.3 Å². The van der Waals surface area contributed by atoms with Crippen molar-refractivity contribution >= 4 is 23.3 Å². The molecule has 0 fully saturated rings. The highest BCUT2D eigenvalue weighted by Gasteiger charge is 2.24. The lowest BCUT2D eigenvalue weighted by Crippen LogP contribution is -2.13. The van der Waals surface area contributed by atoms with E-state index in [1.807, 2.05) is 48.6 Å². The van der Waals surface area contributed by atoms with Gasteiger partial charge in [-0.1, -0.05) is 65.3 Å². The van der Waals surface area contributed by atoms with Crippen molar-refractivity contribution in [2.75, 3.05) is 6.61 Å². The van der Waals surface area contributed by atoms with Crippen LogP contribution in [0.4, 0.5) is 0 Å². The molecule has 0 bridgehead atoms. The van der Waals surface area contributed by atoms with Crippen LogP contribution in [0.1, 0.15) is 40.7 Å². The number of ether oxygens (including phenoxy) is 1. The molecule has 0 saturated carbocycles. The van der Waals surface area contributed by atoms with Crippen LogP contribution >= 0.6 is 11.6 Å². The Bertz CT molecular complexity index is 999. The van der Waals surface area contributed by atoms with E-state index in [0.717, 1.165) is 24.5 Å². The lowest BCUT2D eigenvalue weighted by atomic mass is 9.99. The van der Waals surface area contributed by atoms with Crippen molar-refractivity contribution in [2.45, 2.75) is 32.3 Å². The zero-order chi connectivity index (χ0) is 22.1. The van der Waals surface area contributed by atoms with Crippen molar-refractivity contribution in [3.05, 3.63) is 82.4 Å². The molecule has 0 amide bonds. The summed E-state index contributed by atoms with van der Waals surface area (Å²) in [7, 11) is 0. The van der Waals surface area contributed by atoms with E-state index in [9.17, 15) is 15.0 Å². The van der Waals surface area contributed by atoms with E-state index >= 15 is 0 Å². The van der Waals surface area contributed by atoms with E-state index in [-0.39, 0.29) is 41.5 Å². The fourth-order valence-corrected chi connectivity index (χ4v) is 3.30. The minimum atomic E-state index is -0.714. The average Bonchev–Trinajstić information content (AvgIpc) is 2.76. The van der Waals surface area contributed by atoms with Crippen molar-refractivity contribution in [2.24, 2.45) is 5.16 Å². The van der Waals surface area contributed by atoms with Crippen LogP contribution in [0.25, 0.3) is 0 Å². The molecule has 0 saturated heterocycles. The first-order valence-electron chi connectivity index (χ1n) is 10.0. The van der Waals surface area contributed by atoms with Crippen LogP contribution < -0.4 is 0 Å². The molecule has 2 N–H and O–H groups in total. The second kappa shape index (κ2) is 11.2. The van der Waals surface area contributed by atoms with Gasteiger partial charge in [-0.25, -0.2) is 4.79 Å². The van der Waals surface area contributed by atoms with Gasteiger partial charge in [0.2, 0.25) is 0 Å². The number of halogens is 1. The van der Waals surface area contributed by atoms with Gasteiger partial charge in [0.15, 0.2) is 0 Å². The Balaban J connectivity index is 1.94. The molecule has 0 atom stereocenters. The SMILES string of the molecule is O=C1OCCC=CCCC=CC(=NOCc2ccccc2)Cc2c(Cl)c(O)cc(O)c21. The number of rotatable bonds is 3. The van der Waals surface area contributed by atoms with Gasteiger partial charge in [0.25, 0.3) is 0 Å². The molecule has 2 aromatic carbocycles. The Morgan fingerprint density at radius 3 is 2.58 bits per heavy atom. The Kier molecular flexibility index (Phi) is 8.12. The first-order valence-corrected chi connectivity index (χ1v) is 10.4.